The van der Waals surface area contributed by atoms with Crippen LogP contribution in [0, 0.1) is 11.7 Å². The Kier molecular flexibility index (Phi) is 7.21. The molecule has 0 saturated carbocycles. The summed E-state index contributed by atoms with van der Waals surface area (Å²) in [5.41, 5.74) is 3.70. The molecule has 1 aliphatic heterocycles. The maximum atomic E-state index is 14.6. The van der Waals surface area contributed by atoms with Crippen molar-refractivity contribution in [2.75, 3.05) is 20.1 Å². The summed E-state index contributed by atoms with van der Waals surface area (Å²) in [6, 6.07) is 19.2. The lowest BCUT2D eigenvalue weighted by molar-refractivity contribution is 0.0584. The average molecular weight is 488 g/mol. The van der Waals surface area contributed by atoms with Crippen LogP contribution in [0.1, 0.15) is 34.3 Å². The summed E-state index contributed by atoms with van der Waals surface area (Å²) >= 11 is 1.52. The highest BCUT2D eigenvalue weighted by Gasteiger charge is 2.32. The Morgan fingerprint density at radius 2 is 1.89 bits per heavy atom. The fourth-order valence-corrected chi connectivity index (χ4v) is 5.92. The molecule has 1 aliphatic rings. The topological polar surface area (TPSA) is 36.4 Å². The zero-order valence-corrected chi connectivity index (χ0v) is 20.8. The second kappa shape index (κ2) is 10.7. The number of halogens is 1. The summed E-state index contributed by atoms with van der Waals surface area (Å²) in [5.74, 6) is 0.127. The molecule has 1 saturated heterocycles. The Morgan fingerprint density at radius 1 is 1.09 bits per heavy atom. The van der Waals surface area contributed by atoms with E-state index in [9.17, 15) is 9.18 Å². The van der Waals surface area contributed by atoms with E-state index in [1.54, 1.807) is 6.07 Å². The SMILES string of the molecule is CN(C(=O)c1ccsc1)[C@@H](Cc1ccccc1F)C1CCN(Cc2cccc3ncccc23)CC1. The van der Waals surface area contributed by atoms with Gasteiger partial charge in [-0.15, -0.1) is 0 Å². The van der Waals surface area contributed by atoms with Gasteiger partial charge in [0.2, 0.25) is 0 Å². The lowest BCUT2D eigenvalue weighted by Gasteiger charge is -2.40. The van der Waals surface area contributed by atoms with Gasteiger partial charge in [0.25, 0.3) is 5.91 Å². The Morgan fingerprint density at radius 3 is 2.66 bits per heavy atom. The van der Waals surface area contributed by atoms with Crippen molar-refractivity contribution in [3.05, 3.63) is 100 Å². The van der Waals surface area contributed by atoms with Crippen LogP contribution in [0.5, 0.6) is 0 Å². The van der Waals surface area contributed by atoms with E-state index in [0.29, 0.717) is 23.5 Å². The van der Waals surface area contributed by atoms with Crippen LogP contribution in [-0.4, -0.2) is 46.9 Å². The highest BCUT2D eigenvalue weighted by Crippen LogP contribution is 2.29. The number of aromatic nitrogens is 1. The number of amides is 1. The smallest absolute Gasteiger partial charge is 0.254 e. The molecule has 0 spiro atoms. The minimum Gasteiger partial charge on any atom is -0.338 e. The van der Waals surface area contributed by atoms with Gasteiger partial charge in [-0.2, -0.15) is 11.3 Å². The van der Waals surface area contributed by atoms with Crippen LogP contribution in [0.15, 0.2) is 77.6 Å². The first-order chi connectivity index (χ1) is 17.1. The zero-order chi connectivity index (χ0) is 24.2. The minimum absolute atomic E-state index is 0.0123. The molecule has 2 aromatic heterocycles. The van der Waals surface area contributed by atoms with Crippen LogP contribution in [-0.2, 0) is 13.0 Å². The average Bonchev–Trinajstić information content (AvgIpc) is 3.43. The highest BCUT2D eigenvalue weighted by atomic mass is 32.1. The molecule has 0 bridgehead atoms. The van der Waals surface area contributed by atoms with Crippen molar-refractivity contribution in [3.63, 3.8) is 0 Å². The van der Waals surface area contributed by atoms with E-state index in [-0.39, 0.29) is 17.8 Å². The molecule has 0 unspecified atom stereocenters. The van der Waals surface area contributed by atoms with Gasteiger partial charge in [-0.25, -0.2) is 4.39 Å². The van der Waals surface area contributed by atoms with Crippen LogP contribution < -0.4 is 0 Å². The van der Waals surface area contributed by atoms with Crippen molar-refractivity contribution in [1.82, 2.24) is 14.8 Å². The molecule has 0 radical (unpaired) electrons. The number of hydrogen-bond acceptors (Lipinski definition) is 4. The lowest BCUT2D eigenvalue weighted by atomic mass is 9.84. The summed E-state index contributed by atoms with van der Waals surface area (Å²) in [4.78, 5) is 22.0. The minimum atomic E-state index is -0.198. The molecule has 1 amide bonds. The Hall–Kier alpha value is -3.09. The number of carbonyl (C=O) groups excluding carboxylic acids is 1. The van der Waals surface area contributed by atoms with Crippen LogP contribution in [0.2, 0.25) is 0 Å². The molecule has 35 heavy (non-hydrogen) atoms. The molecule has 4 nitrogen and oxygen atoms in total. The molecular weight excluding hydrogens is 457 g/mol. The number of rotatable bonds is 7. The molecular formula is C29H30FN3OS. The number of carbonyl (C=O) groups is 1. The molecule has 0 aliphatic carbocycles. The first-order valence-electron chi connectivity index (χ1n) is 12.2. The molecule has 2 aromatic carbocycles. The number of thiophene rings is 1. The predicted molar refractivity (Wildman–Crippen MR) is 140 cm³/mol. The van der Waals surface area contributed by atoms with Crippen molar-refractivity contribution < 1.29 is 9.18 Å². The van der Waals surface area contributed by atoms with Crippen molar-refractivity contribution in [2.45, 2.75) is 31.8 Å². The van der Waals surface area contributed by atoms with E-state index in [1.807, 2.05) is 53.2 Å². The quantitative estimate of drug-likeness (QED) is 0.319. The zero-order valence-electron chi connectivity index (χ0n) is 19.9. The van der Waals surface area contributed by atoms with Crippen LogP contribution >= 0.6 is 11.3 Å². The Labute approximate surface area is 210 Å². The number of nitrogens with zero attached hydrogens (tertiary/aromatic N) is 3. The monoisotopic (exact) mass is 487 g/mol. The van der Waals surface area contributed by atoms with E-state index in [2.05, 4.69) is 34.1 Å². The van der Waals surface area contributed by atoms with Gasteiger partial charge in [0, 0.05) is 36.6 Å². The van der Waals surface area contributed by atoms with Gasteiger partial charge in [-0.05, 0) is 79.0 Å². The molecule has 1 fully saturated rings. The van der Waals surface area contributed by atoms with E-state index < -0.39 is 0 Å². The summed E-state index contributed by atoms with van der Waals surface area (Å²) in [6.45, 7) is 2.79. The van der Waals surface area contributed by atoms with Crippen LogP contribution in [0.25, 0.3) is 10.9 Å². The molecule has 180 valence electrons. The largest absolute Gasteiger partial charge is 0.338 e. The number of pyridine rings is 1. The van der Waals surface area contributed by atoms with E-state index >= 15 is 0 Å². The summed E-state index contributed by atoms with van der Waals surface area (Å²) in [6.07, 6.45) is 4.31. The number of fused-ring (bicyclic) bond motifs is 1. The van der Waals surface area contributed by atoms with Crippen LogP contribution in [0.3, 0.4) is 0 Å². The second-order valence-electron chi connectivity index (χ2n) is 9.39. The maximum Gasteiger partial charge on any atom is 0.254 e. The van der Waals surface area contributed by atoms with Crippen molar-refractivity contribution >= 4 is 28.1 Å². The van der Waals surface area contributed by atoms with E-state index in [4.69, 9.17) is 0 Å². The molecule has 3 heterocycles. The number of piperidine rings is 1. The number of likely N-dealkylation sites (N-methyl/N-ethyl adjacent to an activating group) is 1. The first-order valence-corrected chi connectivity index (χ1v) is 13.1. The lowest BCUT2D eigenvalue weighted by Crippen LogP contribution is -2.47. The van der Waals surface area contributed by atoms with Gasteiger partial charge in [0.05, 0.1) is 11.1 Å². The van der Waals surface area contributed by atoms with Crippen molar-refractivity contribution in [3.8, 4) is 0 Å². The third kappa shape index (κ3) is 5.29. The standard InChI is InChI=1S/C29H30FN3OS/c1-32(29(34)24-13-17-35-20-24)28(18-22-6-2-3-9-26(22)30)21-11-15-33(16-12-21)19-23-7-4-10-27-25(23)8-5-14-31-27/h2-10,13-14,17,20-21,28H,11-12,15-16,18-19H2,1H3/t28-/m0/s1. The Balaban J connectivity index is 1.31. The summed E-state index contributed by atoms with van der Waals surface area (Å²) in [7, 11) is 1.88. The highest BCUT2D eigenvalue weighted by molar-refractivity contribution is 7.08. The first kappa shape index (κ1) is 23.6. The normalized spacial score (nSPS) is 15.8. The van der Waals surface area contributed by atoms with Gasteiger partial charge in [0.15, 0.2) is 0 Å². The molecule has 4 aromatic rings. The predicted octanol–water partition coefficient (Wildman–Crippen LogP) is 6.03. The second-order valence-corrected chi connectivity index (χ2v) is 10.2. The third-order valence-corrected chi connectivity index (χ3v) is 7.96. The Bertz CT molecular complexity index is 1280. The van der Waals surface area contributed by atoms with Crippen molar-refractivity contribution in [2.24, 2.45) is 5.92 Å². The maximum absolute atomic E-state index is 14.6. The number of benzene rings is 2. The van der Waals surface area contributed by atoms with Crippen molar-refractivity contribution in [1.29, 1.82) is 0 Å². The number of hydrogen-bond donors (Lipinski definition) is 0. The van der Waals surface area contributed by atoms with Crippen LogP contribution in [0.4, 0.5) is 4.39 Å². The molecule has 5 rings (SSSR count). The van der Waals surface area contributed by atoms with Gasteiger partial charge >= 0.3 is 0 Å². The van der Waals surface area contributed by atoms with E-state index in [1.165, 1.54) is 28.4 Å². The molecule has 6 heteroatoms. The summed E-state index contributed by atoms with van der Waals surface area (Å²) in [5, 5.41) is 5.02. The number of likely N-dealkylation sites (tertiary alicyclic amines) is 1. The third-order valence-electron chi connectivity index (χ3n) is 7.28. The van der Waals surface area contributed by atoms with Gasteiger partial charge in [-0.3, -0.25) is 14.7 Å². The van der Waals surface area contributed by atoms with Gasteiger partial charge < -0.3 is 4.90 Å². The summed E-state index contributed by atoms with van der Waals surface area (Å²) < 4.78 is 14.6. The molecule has 0 N–H and O–H groups in total. The fraction of sp³-hybridized carbons (Fsp3) is 0.310. The van der Waals surface area contributed by atoms with Gasteiger partial charge in [-0.1, -0.05) is 36.4 Å². The van der Waals surface area contributed by atoms with Gasteiger partial charge in [0.1, 0.15) is 5.82 Å². The van der Waals surface area contributed by atoms with E-state index in [0.717, 1.165) is 38.0 Å². The molecule has 1 atom stereocenters. The fourth-order valence-electron chi connectivity index (χ4n) is 5.29.